The van der Waals surface area contributed by atoms with Gasteiger partial charge in [0.15, 0.2) is 17.0 Å². The Balaban J connectivity index is 2.08. The first kappa shape index (κ1) is 16.1. The van der Waals surface area contributed by atoms with E-state index in [2.05, 4.69) is 15.0 Å². The normalized spacial score (nSPS) is 11.2. The van der Waals surface area contributed by atoms with Crippen LogP contribution in [-0.2, 0) is 0 Å². The molecule has 0 atom stereocenters. The van der Waals surface area contributed by atoms with Crippen LogP contribution in [0.25, 0.3) is 28.2 Å². The monoisotopic (exact) mass is 389 g/mol. The molecule has 0 aliphatic heterocycles. The van der Waals surface area contributed by atoms with E-state index in [0.29, 0.717) is 43.4 Å². The molecule has 0 unspecified atom stereocenters. The van der Waals surface area contributed by atoms with Crippen molar-refractivity contribution < 1.29 is 0 Å². The molecule has 0 aliphatic rings. The summed E-state index contributed by atoms with van der Waals surface area (Å²) in [5.74, 6) is 0.884. The number of halogens is 3. The average molecular weight is 391 g/mol. The number of hydrogen-bond donors (Lipinski definition) is 1. The lowest BCUT2D eigenvalue weighted by Crippen LogP contribution is -1.99. The number of imidazole rings is 1. The third kappa shape index (κ3) is 2.80. The van der Waals surface area contributed by atoms with Gasteiger partial charge in [-0.1, -0.05) is 34.8 Å². The van der Waals surface area contributed by atoms with Crippen LogP contribution in [0.3, 0.4) is 0 Å². The van der Waals surface area contributed by atoms with E-state index < -0.39 is 0 Å². The Bertz CT molecular complexity index is 1090. The zero-order valence-electron chi connectivity index (χ0n) is 12.6. The fraction of sp³-hybridized carbons (Fsp3) is 0. The number of fused-ring (bicyclic) bond motifs is 1. The SMILES string of the molecule is Nc1ncnc2c1nc(-c1ccc(Cl)cc1Cl)n2-c1ccc(Cl)cc1. The maximum absolute atomic E-state index is 6.39. The van der Waals surface area contributed by atoms with Crippen LogP contribution in [0.4, 0.5) is 5.82 Å². The molecule has 4 aromatic rings. The number of nitrogen functional groups attached to an aromatic ring is 1. The van der Waals surface area contributed by atoms with Crippen molar-refractivity contribution in [1.82, 2.24) is 19.5 Å². The predicted octanol–water partition coefficient (Wildman–Crippen LogP) is 5.02. The number of hydrogen-bond acceptors (Lipinski definition) is 4. The van der Waals surface area contributed by atoms with Crippen molar-refractivity contribution in [2.24, 2.45) is 0 Å². The van der Waals surface area contributed by atoms with E-state index in [4.69, 9.17) is 40.5 Å². The van der Waals surface area contributed by atoms with Crippen LogP contribution in [0.15, 0.2) is 48.8 Å². The fourth-order valence-corrected chi connectivity index (χ4v) is 3.21. The molecule has 124 valence electrons. The van der Waals surface area contributed by atoms with Crippen molar-refractivity contribution in [3.8, 4) is 17.1 Å². The van der Waals surface area contributed by atoms with E-state index in [1.54, 1.807) is 24.3 Å². The van der Waals surface area contributed by atoms with Gasteiger partial charge in [-0.15, -0.1) is 0 Å². The molecule has 0 radical (unpaired) electrons. The van der Waals surface area contributed by atoms with Gasteiger partial charge in [0.05, 0.1) is 5.02 Å². The first-order valence-electron chi connectivity index (χ1n) is 7.25. The van der Waals surface area contributed by atoms with Gasteiger partial charge in [-0.25, -0.2) is 15.0 Å². The Morgan fingerprint density at radius 2 is 1.60 bits per heavy atom. The molecule has 0 saturated heterocycles. The van der Waals surface area contributed by atoms with E-state index >= 15 is 0 Å². The molecule has 8 heteroatoms. The summed E-state index contributed by atoms with van der Waals surface area (Å²) in [7, 11) is 0. The first-order valence-corrected chi connectivity index (χ1v) is 8.38. The van der Waals surface area contributed by atoms with Crippen LogP contribution in [-0.4, -0.2) is 19.5 Å². The molecule has 0 amide bonds. The average Bonchev–Trinajstić information content (AvgIpc) is 2.96. The highest BCUT2D eigenvalue weighted by Crippen LogP contribution is 2.34. The van der Waals surface area contributed by atoms with Crippen molar-refractivity contribution in [3.05, 3.63) is 63.9 Å². The van der Waals surface area contributed by atoms with Crippen molar-refractivity contribution in [3.63, 3.8) is 0 Å². The van der Waals surface area contributed by atoms with Gasteiger partial charge in [-0.2, -0.15) is 0 Å². The second kappa shape index (κ2) is 6.19. The Morgan fingerprint density at radius 1 is 0.880 bits per heavy atom. The summed E-state index contributed by atoms with van der Waals surface area (Å²) in [6, 6.07) is 12.6. The summed E-state index contributed by atoms with van der Waals surface area (Å²) in [5.41, 5.74) is 8.59. The van der Waals surface area contributed by atoms with Crippen molar-refractivity contribution in [2.75, 3.05) is 5.73 Å². The molecule has 0 aliphatic carbocycles. The Labute approximate surface area is 158 Å². The number of rotatable bonds is 2. The summed E-state index contributed by atoms with van der Waals surface area (Å²) in [5, 5.41) is 1.65. The number of nitrogens with zero attached hydrogens (tertiary/aromatic N) is 4. The van der Waals surface area contributed by atoms with E-state index in [9.17, 15) is 0 Å². The van der Waals surface area contributed by atoms with Crippen LogP contribution in [0, 0.1) is 0 Å². The molecule has 0 saturated carbocycles. The molecule has 2 aromatic heterocycles. The number of aromatic nitrogens is 4. The van der Waals surface area contributed by atoms with Crippen LogP contribution in [0.5, 0.6) is 0 Å². The Kier molecular flexibility index (Phi) is 4.00. The minimum Gasteiger partial charge on any atom is -0.382 e. The first-order chi connectivity index (χ1) is 12.0. The third-order valence-electron chi connectivity index (χ3n) is 3.73. The molecular formula is C17H10Cl3N5. The van der Waals surface area contributed by atoms with Crippen molar-refractivity contribution in [1.29, 1.82) is 0 Å². The Hall–Kier alpha value is -2.34. The number of anilines is 1. The maximum atomic E-state index is 6.39. The highest BCUT2D eigenvalue weighted by molar-refractivity contribution is 6.36. The minimum absolute atomic E-state index is 0.295. The summed E-state index contributed by atoms with van der Waals surface area (Å²) in [4.78, 5) is 13.0. The zero-order valence-corrected chi connectivity index (χ0v) is 14.9. The van der Waals surface area contributed by atoms with Gasteiger partial charge in [-0.3, -0.25) is 4.57 Å². The summed E-state index contributed by atoms with van der Waals surface area (Å²) < 4.78 is 1.86. The predicted molar refractivity (Wildman–Crippen MR) is 102 cm³/mol. The third-order valence-corrected chi connectivity index (χ3v) is 4.53. The van der Waals surface area contributed by atoms with Gasteiger partial charge in [0, 0.05) is 21.3 Å². The van der Waals surface area contributed by atoms with Crippen LogP contribution >= 0.6 is 34.8 Å². The lowest BCUT2D eigenvalue weighted by molar-refractivity contribution is 1.07. The van der Waals surface area contributed by atoms with Gasteiger partial charge in [0.2, 0.25) is 0 Å². The standard InChI is InChI=1S/C17H10Cl3N5/c18-9-1-4-11(5-2-9)25-16(12-6-3-10(19)7-13(12)20)24-14-15(21)22-8-23-17(14)25/h1-8H,(H2,21,22,23). The summed E-state index contributed by atoms with van der Waals surface area (Å²) in [6.45, 7) is 0. The highest BCUT2D eigenvalue weighted by atomic mass is 35.5. The van der Waals surface area contributed by atoms with E-state index in [0.717, 1.165) is 5.69 Å². The summed E-state index contributed by atoms with van der Waals surface area (Å²) in [6.07, 6.45) is 1.40. The molecule has 25 heavy (non-hydrogen) atoms. The van der Waals surface area contributed by atoms with E-state index in [1.807, 2.05) is 22.8 Å². The topological polar surface area (TPSA) is 69.6 Å². The molecule has 5 nitrogen and oxygen atoms in total. The largest absolute Gasteiger partial charge is 0.382 e. The van der Waals surface area contributed by atoms with Gasteiger partial charge in [-0.05, 0) is 42.5 Å². The lowest BCUT2D eigenvalue weighted by atomic mass is 10.2. The molecule has 0 spiro atoms. The number of nitrogens with two attached hydrogens (primary N) is 1. The fourth-order valence-electron chi connectivity index (χ4n) is 2.60. The summed E-state index contributed by atoms with van der Waals surface area (Å²) >= 11 is 18.4. The molecular weight excluding hydrogens is 381 g/mol. The van der Waals surface area contributed by atoms with Gasteiger partial charge in [0.25, 0.3) is 0 Å². The lowest BCUT2D eigenvalue weighted by Gasteiger charge is -2.10. The molecule has 2 N–H and O–H groups in total. The molecule has 0 fully saturated rings. The highest BCUT2D eigenvalue weighted by Gasteiger charge is 2.19. The van der Waals surface area contributed by atoms with Crippen LogP contribution in [0.1, 0.15) is 0 Å². The van der Waals surface area contributed by atoms with Gasteiger partial charge < -0.3 is 5.73 Å². The molecule has 2 aromatic carbocycles. The maximum Gasteiger partial charge on any atom is 0.170 e. The van der Waals surface area contributed by atoms with Gasteiger partial charge in [0.1, 0.15) is 12.2 Å². The van der Waals surface area contributed by atoms with Crippen LogP contribution < -0.4 is 5.73 Å². The Morgan fingerprint density at radius 3 is 2.32 bits per heavy atom. The van der Waals surface area contributed by atoms with Gasteiger partial charge >= 0.3 is 0 Å². The van der Waals surface area contributed by atoms with Crippen LogP contribution in [0.2, 0.25) is 15.1 Å². The molecule has 4 rings (SSSR count). The number of benzene rings is 2. The smallest absolute Gasteiger partial charge is 0.170 e. The van der Waals surface area contributed by atoms with Crippen molar-refractivity contribution in [2.45, 2.75) is 0 Å². The molecule has 2 heterocycles. The second-order valence-electron chi connectivity index (χ2n) is 5.30. The zero-order chi connectivity index (χ0) is 17.6. The van der Waals surface area contributed by atoms with E-state index in [1.165, 1.54) is 6.33 Å². The second-order valence-corrected chi connectivity index (χ2v) is 6.58. The molecule has 0 bridgehead atoms. The van der Waals surface area contributed by atoms with Crippen molar-refractivity contribution >= 4 is 51.8 Å². The quantitative estimate of drug-likeness (QED) is 0.521. The van der Waals surface area contributed by atoms with E-state index in [-0.39, 0.29) is 0 Å². The minimum atomic E-state index is 0.295.